The number of carbonyl (C=O) groups excluding carboxylic acids is 2. The van der Waals surface area contributed by atoms with Gasteiger partial charge >= 0.3 is 12.1 Å². The summed E-state index contributed by atoms with van der Waals surface area (Å²) >= 11 is 7.31. The number of halogens is 4. The average molecular weight is 687 g/mol. The van der Waals surface area contributed by atoms with Crippen molar-refractivity contribution >= 4 is 50.2 Å². The number of nitrogens with zero attached hydrogens (tertiary/aromatic N) is 1. The molecule has 0 aliphatic carbocycles. The molecule has 1 aliphatic rings. The molecule has 1 amide bonds. The van der Waals surface area contributed by atoms with Gasteiger partial charge < -0.3 is 23.7 Å². The van der Waals surface area contributed by atoms with E-state index in [1.165, 1.54) is 20.1 Å². The second-order valence-corrected chi connectivity index (χ2v) is 12.4. The van der Waals surface area contributed by atoms with Crippen LogP contribution in [0.3, 0.4) is 0 Å². The predicted octanol–water partition coefficient (Wildman–Crippen LogP) is 7.95. The molecule has 1 fully saturated rings. The van der Waals surface area contributed by atoms with Gasteiger partial charge in [-0.1, -0.05) is 49.6 Å². The Labute approximate surface area is 274 Å². The molecule has 0 spiro atoms. The molecular formula is C32H38ClF3N2O7S. The Balaban J connectivity index is 1.63. The van der Waals surface area contributed by atoms with Crippen molar-refractivity contribution < 1.29 is 46.4 Å². The van der Waals surface area contributed by atoms with E-state index in [9.17, 15) is 22.8 Å². The van der Waals surface area contributed by atoms with Crippen LogP contribution in [0.2, 0.25) is 5.02 Å². The molecule has 2 heterocycles. The summed E-state index contributed by atoms with van der Waals surface area (Å²) in [6, 6.07) is 5.15. The number of amides is 1. The highest BCUT2D eigenvalue weighted by molar-refractivity contribution is 7.22. The van der Waals surface area contributed by atoms with Crippen molar-refractivity contribution in [3.05, 3.63) is 51.5 Å². The van der Waals surface area contributed by atoms with Crippen LogP contribution in [-0.4, -0.2) is 55.7 Å². The second-order valence-electron chi connectivity index (χ2n) is 10.9. The van der Waals surface area contributed by atoms with Crippen LogP contribution in [0.5, 0.6) is 5.75 Å². The minimum atomic E-state index is -4.59. The molecule has 2 aromatic carbocycles. The Hall–Kier alpha value is -2.97. The van der Waals surface area contributed by atoms with E-state index in [-0.39, 0.29) is 64.6 Å². The minimum absolute atomic E-state index is 0.0879. The van der Waals surface area contributed by atoms with Crippen molar-refractivity contribution in [2.75, 3.05) is 25.6 Å². The van der Waals surface area contributed by atoms with Crippen molar-refractivity contribution in [3.8, 4) is 5.75 Å². The fourth-order valence-electron chi connectivity index (χ4n) is 5.22. The number of anilines is 1. The summed E-state index contributed by atoms with van der Waals surface area (Å²) < 4.78 is 69.8. The zero-order chi connectivity index (χ0) is 33.4. The van der Waals surface area contributed by atoms with E-state index in [4.69, 9.17) is 35.3 Å². The maximum absolute atomic E-state index is 13.7. The average Bonchev–Trinajstić information content (AvgIpc) is 3.40. The Morgan fingerprint density at radius 3 is 2.59 bits per heavy atom. The first kappa shape index (κ1) is 35.9. The van der Waals surface area contributed by atoms with Crippen molar-refractivity contribution in [3.63, 3.8) is 0 Å². The maximum atomic E-state index is 13.7. The van der Waals surface area contributed by atoms with E-state index in [1.807, 2.05) is 6.92 Å². The number of thiazole rings is 1. The van der Waals surface area contributed by atoms with Gasteiger partial charge in [-0.2, -0.15) is 13.2 Å². The number of methoxy groups -OCH3 is 1. The first-order valence-corrected chi connectivity index (χ1v) is 16.3. The Bertz CT molecular complexity index is 1520. The number of hydrogen-bond donors (Lipinski definition) is 1. The number of nitrogens with one attached hydrogen (secondary N) is 1. The van der Waals surface area contributed by atoms with Crippen LogP contribution >= 0.6 is 22.9 Å². The molecule has 1 aromatic heterocycles. The van der Waals surface area contributed by atoms with Crippen LogP contribution < -0.4 is 10.1 Å². The lowest BCUT2D eigenvalue weighted by atomic mass is 10.00. The van der Waals surface area contributed by atoms with Crippen molar-refractivity contribution in [2.24, 2.45) is 0 Å². The number of fused-ring (bicyclic) bond motifs is 1. The Morgan fingerprint density at radius 1 is 1.13 bits per heavy atom. The molecule has 252 valence electrons. The number of rotatable bonds is 14. The number of aromatic nitrogens is 1. The number of alkyl halides is 3. The highest BCUT2D eigenvalue weighted by atomic mass is 35.5. The Morgan fingerprint density at radius 2 is 1.91 bits per heavy atom. The van der Waals surface area contributed by atoms with Crippen LogP contribution in [0.4, 0.5) is 18.3 Å². The third kappa shape index (κ3) is 9.54. The first-order chi connectivity index (χ1) is 21.9. The van der Waals surface area contributed by atoms with Gasteiger partial charge in [0, 0.05) is 37.5 Å². The van der Waals surface area contributed by atoms with Crippen LogP contribution in [0.25, 0.3) is 10.2 Å². The lowest BCUT2D eigenvalue weighted by Crippen LogP contribution is -2.41. The summed E-state index contributed by atoms with van der Waals surface area (Å²) in [6.07, 6.45) is -2.06. The first-order valence-electron chi connectivity index (χ1n) is 15.1. The number of hydrogen-bond acceptors (Lipinski definition) is 9. The lowest BCUT2D eigenvalue weighted by molar-refractivity contribution is -0.191. The maximum Gasteiger partial charge on any atom is 0.416 e. The molecule has 0 saturated carbocycles. The SMILES string of the molecule is CCCCC1CC(OC(C)=O)CC(Oc2c(CC)cc(Cl)cc2C(=O)Nc2nc3c(COCCOC)cc(C(F)(F)F)cc3s2)O1. The summed E-state index contributed by atoms with van der Waals surface area (Å²) in [4.78, 5) is 29.9. The molecule has 1 N–H and O–H groups in total. The highest BCUT2D eigenvalue weighted by Gasteiger charge is 2.34. The van der Waals surface area contributed by atoms with Crippen molar-refractivity contribution in [1.29, 1.82) is 0 Å². The molecule has 0 radical (unpaired) electrons. The molecular weight excluding hydrogens is 649 g/mol. The molecule has 1 saturated heterocycles. The fraction of sp³-hybridized carbons (Fsp3) is 0.531. The highest BCUT2D eigenvalue weighted by Crippen LogP contribution is 2.38. The molecule has 3 atom stereocenters. The summed E-state index contributed by atoms with van der Waals surface area (Å²) in [5.74, 6) is -0.765. The molecule has 0 bridgehead atoms. The monoisotopic (exact) mass is 686 g/mol. The van der Waals surface area contributed by atoms with E-state index >= 15 is 0 Å². The van der Waals surface area contributed by atoms with E-state index in [0.717, 1.165) is 42.7 Å². The number of ether oxygens (including phenoxy) is 5. The van der Waals surface area contributed by atoms with Crippen molar-refractivity contribution in [1.82, 2.24) is 4.98 Å². The molecule has 9 nitrogen and oxygen atoms in total. The van der Waals surface area contributed by atoms with Crippen LogP contribution in [-0.2, 0) is 42.9 Å². The fourth-order valence-corrected chi connectivity index (χ4v) is 6.41. The van der Waals surface area contributed by atoms with Gasteiger partial charge in [-0.3, -0.25) is 14.9 Å². The standard InChI is InChI=1S/C32H38ClF3N2O7S/c1-5-7-8-23-15-24(43-18(3)39)16-27(44-23)45-29-19(6-2)12-22(33)14-25(29)30(40)38-31-37-28-20(17-42-10-9-41-4)11-21(32(34,35)36)13-26(28)46-31/h11-14,23-24,27H,5-10,15-17H2,1-4H3,(H,37,38,40). The molecule has 1 aliphatic heterocycles. The molecule has 3 aromatic rings. The van der Waals surface area contributed by atoms with Gasteiger partial charge in [-0.15, -0.1) is 0 Å². The van der Waals surface area contributed by atoms with Gasteiger partial charge in [-0.25, -0.2) is 4.98 Å². The molecule has 3 unspecified atom stereocenters. The smallest absolute Gasteiger partial charge is 0.416 e. The van der Waals surface area contributed by atoms with Gasteiger partial charge in [0.2, 0.25) is 6.29 Å². The molecule has 4 rings (SSSR count). The summed E-state index contributed by atoms with van der Waals surface area (Å²) in [6.45, 7) is 5.65. The zero-order valence-corrected chi connectivity index (χ0v) is 27.7. The summed E-state index contributed by atoms with van der Waals surface area (Å²) in [5.41, 5.74) is 0.420. The molecule has 14 heteroatoms. The number of carbonyl (C=O) groups is 2. The van der Waals surface area contributed by atoms with Crippen molar-refractivity contribution in [2.45, 2.75) is 90.6 Å². The third-order valence-electron chi connectivity index (χ3n) is 7.35. The van der Waals surface area contributed by atoms with Crippen LogP contribution in [0.1, 0.15) is 79.9 Å². The normalized spacial score (nSPS) is 18.5. The number of esters is 1. The Kier molecular flexibility index (Phi) is 12.7. The summed E-state index contributed by atoms with van der Waals surface area (Å²) in [5, 5.41) is 3.10. The van der Waals surface area contributed by atoms with Crippen LogP contribution in [0, 0.1) is 0 Å². The quantitative estimate of drug-likeness (QED) is 0.135. The number of unbranched alkanes of at least 4 members (excludes halogenated alkanes) is 1. The van der Waals surface area contributed by atoms with Gasteiger partial charge in [0.25, 0.3) is 5.91 Å². The van der Waals surface area contributed by atoms with Gasteiger partial charge in [0.05, 0.1) is 47.3 Å². The number of benzene rings is 2. The lowest BCUT2D eigenvalue weighted by Gasteiger charge is -2.35. The van der Waals surface area contributed by atoms with Crippen LogP contribution in [0.15, 0.2) is 24.3 Å². The predicted molar refractivity (Wildman–Crippen MR) is 169 cm³/mol. The van der Waals surface area contributed by atoms with Gasteiger partial charge in [0.15, 0.2) is 5.13 Å². The second kappa shape index (κ2) is 16.2. The van der Waals surface area contributed by atoms with E-state index in [2.05, 4.69) is 17.2 Å². The van der Waals surface area contributed by atoms with E-state index in [0.29, 0.717) is 23.4 Å². The van der Waals surface area contributed by atoms with E-state index < -0.39 is 36.0 Å². The van der Waals surface area contributed by atoms with E-state index in [1.54, 1.807) is 6.07 Å². The minimum Gasteiger partial charge on any atom is -0.464 e. The third-order valence-corrected chi connectivity index (χ3v) is 8.49. The van der Waals surface area contributed by atoms with Gasteiger partial charge in [-0.05, 0) is 42.7 Å². The van der Waals surface area contributed by atoms with Gasteiger partial charge in [0.1, 0.15) is 11.9 Å². The largest absolute Gasteiger partial charge is 0.464 e. The number of aryl methyl sites for hydroxylation is 1. The molecule has 46 heavy (non-hydrogen) atoms. The topological polar surface area (TPSA) is 105 Å². The summed E-state index contributed by atoms with van der Waals surface area (Å²) in [7, 11) is 1.49. The zero-order valence-electron chi connectivity index (χ0n) is 26.1.